The fourth-order valence-electron chi connectivity index (χ4n) is 4.46. The lowest BCUT2D eigenvalue weighted by Crippen LogP contribution is -2.60. The highest BCUT2D eigenvalue weighted by Crippen LogP contribution is 2.35. The SMILES string of the molecule is CCn1nc(C)c(S(=O)(=O)N(C)C2CN(c3ccc4nnc(C5CCC5)n4n3)C2)c1C. The van der Waals surface area contributed by atoms with Crippen LogP contribution in [0.4, 0.5) is 5.82 Å². The Morgan fingerprint density at radius 3 is 2.48 bits per heavy atom. The zero-order valence-electron chi connectivity index (χ0n) is 18.4. The lowest BCUT2D eigenvalue weighted by Gasteiger charge is -2.43. The third-order valence-corrected chi connectivity index (χ3v) is 8.86. The highest BCUT2D eigenvalue weighted by molar-refractivity contribution is 7.89. The number of anilines is 1. The molecule has 4 heterocycles. The van der Waals surface area contributed by atoms with Gasteiger partial charge in [0.05, 0.1) is 17.4 Å². The molecule has 0 N–H and O–H groups in total. The van der Waals surface area contributed by atoms with Crippen molar-refractivity contribution in [2.45, 2.75) is 63.4 Å². The van der Waals surface area contributed by atoms with Crippen LogP contribution in [0.15, 0.2) is 17.0 Å². The second kappa shape index (κ2) is 7.27. The Morgan fingerprint density at radius 2 is 1.87 bits per heavy atom. The van der Waals surface area contributed by atoms with Crippen molar-refractivity contribution in [1.82, 2.24) is 33.9 Å². The van der Waals surface area contributed by atoms with Crippen molar-refractivity contribution in [2.24, 2.45) is 0 Å². The molecule has 1 saturated heterocycles. The normalized spacial score (nSPS) is 18.0. The van der Waals surface area contributed by atoms with Crippen LogP contribution in [0.25, 0.3) is 5.65 Å². The van der Waals surface area contributed by atoms with Gasteiger partial charge in [-0.3, -0.25) is 4.68 Å². The van der Waals surface area contributed by atoms with Gasteiger partial charge in [-0.05, 0) is 45.7 Å². The Labute approximate surface area is 181 Å². The average Bonchev–Trinajstić information content (AvgIpc) is 3.19. The lowest BCUT2D eigenvalue weighted by molar-refractivity contribution is 0.308. The smallest absolute Gasteiger partial charge is 0.246 e. The van der Waals surface area contributed by atoms with Gasteiger partial charge in [0.25, 0.3) is 0 Å². The number of likely N-dealkylation sites (N-methyl/N-ethyl adjacent to an activating group) is 1. The summed E-state index contributed by atoms with van der Waals surface area (Å²) in [6.07, 6.45) is 3.49. The summed E-state index contributed by atoms with van der Waals surface area (Å²) in [5.74, 6) is 2.19. The summed E-state index contributed by atoms with van der Waals surface area (Å²) < 4.78 is 31.7. The van der Waals surface area contributed by atoms with Crippen LogP contribution in [0.1, 0.15) is 49.3 Å². The predicted molar refractivity (Wildman–Crippen MR) is 116 cm³/mol. The molecule has 166 valence electrons. The number of nitrogens with zero attached hydrogens (tertiary/aromatic N) is 8. The molecular weight excluding hydrogens is 416 g/mol. The Hall–Kier alpha value is -2.53. The van der Waals surface area contributed by atoms with E-state index in [0.29, 0.717) is 41.8 Å². The molecule has 0 radical (unpaired) electrons. The standard InChI is InChI=1S/C20H28N8O2S/c1-5-27-14(3)19(13(2)23-27)31(29,30)25(4)16-11-26(12-16)18-10-9-17-21-22-20(28(17)24-18)15-7-6-8-15/h9-10,15-16H,5-8,11-12H2,1-4H3. The third-order valence-electron chi connectivity index (χ3n) is 6.70. The molecule has 5 rings (SSSR count). The van der Waals surface area contributed by atoms with E-state index in [2.05, 4.69) is 20.2 Å². The summed E-state index contributed by atoms with van der Waals surface area (Å²) >= 11 is 0. The van der Waals surface area contributed by atoms with E-state index in [9.17, 15) is 8.42 Å². The summed E-state index contributed by atoms with van der Waals surface area (Å²) in [4.78, 5) is 2.42. The van der Waals surface area contributed by atoms with Crippen LogP contribution in [0.2, 0.25) is 0 Å². The van der Waals surface area contributed by atoms with Crippen LogP contribution in [0, 0.1) is 13.8 Å². The van der Waals surface area contributed by atoms with Crippen molar-refractivity contribution in [3.8, 4) is 0 Å². The van der Waals surface area contributed by atoms with E-state index in [1.165, 1.54) is 10.7 Å². The maximum absolute atomic E-state index is 13.3. The quantitative estimate of drug-likeness (QED) is 0.571. The highest BCUT2D eigenvalue weighted by atomic mass is 32.2. The maximum Gasteiger partial charge on any atom is 0.246 e. The van der Waals surface area contributed by atoms with Gasteiger partial charge in [-0.15, -0.1) is 15.3 Å². The fraction of sp³-hybridized carbons (Fsp3) is 0.600. The van der Waals surface area contributed by atoms with Crippen LogP contribution >= 0.6 is 0 Å². The van der Waals surface area contributed by atoms with E-state index in [1.807, 2.05) is 30.5 Å². The van der Waals surface area contributed by atoms with Gasteiger partial charge in [0.15, 0.2) is 11.5 Å². The zero-order chi connectivity index (χ0) is 21.9. The molecule has 0 bridgehead atoms. The Balaban J connectivity index is 1.34. The first-order valence-electron chi connectivity index (χ1n) is 10.8. The molecular formula is C20H28N8O2S. The number of rotatable bonds is 6. The largest absolute Gasteiger partial charge is 0.352 e. The van der Waals surface area contributed by atoms with E-state index < -0.39 is 10.0 Å². The van der Waals surface area contributed by atoms with Crippen molar-refractivity contribution in [1.29, 1.82) is 0 Å². The van der Waals surface area contributed by atoms with E-state index >= 15 is 0 Å². The van der Waals surface area contributed by atoms with Crippen LogP contribution < -0.4 is 4.90 Å². The number of aryl methyl sites for hydroxylation is 2. The lowest BCUT2D eigenvalue weighted by atomic mass is 9.85. The van der Waals surface area contributed by atoms with Crippen LogP contribution in [0.3, 0.4) is 0 Å². The van der Waals surface area contributed by atoms with Crippen molar-refractivity contribution < 1.29 is 8.42 Å². The highest BCUT2D eigenvalue weighted by Gasteiger charge is 2.39. The molecule has 0 atom stereocenters. The van der Waals surface area contributed by atoms with Gasteiger partial charge in [-0.25, -0.2) is 8.42 Å². The fourth-order valence-corrected chi connectivity index (χ4v) is 6.17. The van der Waals surface area contributed by atoms with Crippen LogP contribution in [0.5, 0.6) is 0 Å². The molecule has 2 fully saturated rings. The summed E-state index contributed by atoms with van der Waals surface area (Å²) in [6, 6.07) is 3.74. The minimum absolute atomic E-state index is 0.113. The third kappa shape index (κ3) is 3.13. The van der Waals surface area contributed by atoms with Gasteiger partial charge in [0, 0.05) is 32.6 Å². The first-order chi connectivity index (χ1) is 14.8. The molecule has 0 amide bonds. The Kier molecular flexibility index (Phi) is 4.78. The monoisotopic (exact) mass is 444 g/mol. The first-order valence-corrected chi connectivity index (χ1v) is 12.2. The molecule has 0 aromatic carbocycles. The van der Waals surface area contributed by atoms with Gasteiger partial charge in [0.1, 0.15) is 10.7 Å². The molecule has 1 aliphatic carbocycles. The van der Waals surface area contributed by atoms with Gasteiger partial charge in [0.2, 0.25) is 10.0 Å². The van der Waals surface area contributed by atoms with Gasteiger partial charge < -0.3 is 4.90 Å². The molecule has 3 aromatic rings. The minimum atomic E-state index is -3.62. The summed E-state index contributed by atoms with van der Waals surface area (Å²) in [6.45, 7) is 7.35. The topological polar surface area (TPSA) is 102 Å². The number of aromatic nitrogens is 6. The number of hydrogen-bond donors (Lipinski definition) is 0. The van der Waals surface area contributed by atoms with Crippen molar-refractivity contribution in [3.63, 3.8) is 0 Å². The van der Waals surface area contributed by atoms with Gasteiger partial charge >= 0.3 is 0 Å². The average molecular weight is 445 g/mol. The van der Waals surface area contributed by atoms with E-state index in [0.717, 1.165) is 30.1 Å². The molecule has 11 heteroatoms. The number of hydrogen-bond acceptors (Lipinski definition) is 7. The molecule has 0 spiro atoms. The number of fused-ring (bicyclic) bond motifs is 1. The van der Waals surface area contributed by atoms with E-state index in [4.69, 9.17) is 5.10 Å². The van der Waals surface area contributed by atoms with Crippen molar-refractivity contribution in [3.05, 3.63) is 29.3 Å². The first kappa shape index (κ1) is 20.4. The summed E-state index contributed by atoms with van der Waals surface area (Å²) in [5.41, 5.74) is 1.98. The molecule has 0 unspecified atom stereocenters. The molecule has 2 aliphatic rings. The summed E-state index contributed by atoms with van der Waals surface area (Å²) in [5, 5.41) is 17.7. The second-order valence-corrected chi connectivity index (χ2v) is 10.5. The van der Waals surface area contributed by atoms with Gasteiger partial charge in [-0.2, -0.15) is 13.9 Å². The van der Waals surface area contributed by atoms with Crippen LogP contribution in [-0.4, -0.2) is 68.5 Å². The van der Waals surface area contributed by atoms with E-state index in [1.54, 1.807) is 18.7 Å². The maximum atomic E-state index is 13.3. The molecule has 10 nitrogen and oxygen atoms in total. The van der Waals surface area contributed by atoms with Crippen molar-refractivity contribution in [2.75, 3.05) is 25.0 Å². The van der Waals surface area contributed by atoms with E-state index in [-0.39, 0.29) is 6.04 Å². The predicted octanol–water partition coefficient (Wildman–Crippen LogP) is 1.73. The van der Waals surface area contributed by atoms with Crippen molar-refractivity contribution >= 4 is 21.5 Å². The number of sulfonamides is 1. The second-order valence-electron chi connectivity index (χ2n) is 8.54. The molecule has 31 heavy (non-hydrogen) atoms. The molecule has 1 aliphatic heterocycles. The minimum Gasteiger partial charge on any atom is -0.352 e. The molecule has 1 saturated carbocycles. The Bertz CT molecular complexity index is 1240. The summed E-state index contributed by atoms with van der Waals surface area (Å²) in [7, 11) is -1.96. The molecule has 3 aromatic heterocycles. The Morgan fingerprint density at radius 1 is 1.13 bits per heavy atom. The van der Waals surface area contributed by atoms with Crippen LogP contribution in [-0.2, 0) is 16.6 Å². The van der Waals surface area contributed by atoms with Gasteiger partial charge in [-0.1, -0.05) is 6.42 Å². The zero-order valence-corrected chi connectivity index (χ0v) is 19.2.